The van der Waals surface area contributed by atoms with E-state index in [2.05, 4.69) is 45.3 Å². The molecule has 0 aliphatic carbocycles. The van der Waals surface area contributed by atoms with Crippen LogP contribution in [0.15, 0.2) is 30.5 Å². The molecule has 7 heteroatoms. The fourth-order valence-corrected chi connectivity index (χ4v) is 3.73. The maximum absolute atomic E-state index is 6.11. The molecule has 26 heavy (non-hydrogen) atoms. The number of piperazine rings is 1. The highest BCUT2D eigenvalue weighted by atomic mass is 35.5. The Hall–Kier alpha value is -2.18. The van der Waals surface area contributed by atoms with Gasteiger partial charge in [-0.2, -0.15) is 5.10 Å². The van der Waals surface area contributed by atoms with Crippen LogP contribution in [0.4, 0.5) is 5.82 Å². The summed E-state index contributed by atoms with van der Waals surface area (Å²) in [4.78, 5) is 11.5. The Bertz CT molecular complexity index is 906. The van der Waals surface area contributed by atoms with Crippen molar-refractivity contribution >= 4 is 28.5 Å². The lowest BCUT2D eigenvalue weighted by molar-refractivity contribution is 0.387. The van der Waals surface area contributed by atoms with E-state index < -0.39 is 0 Å². The van der Waals surface area contributed by atoms with E-state index in [1.807, 2.05) is 18.2 Å². The first-order valence-corrected chi connectivity index (χ1v) is 9.43. The zero-order valence-corrected chi connectivity index (χ0v) is 15.8. The SMILES string of the molecule is CC(C)CC1CN(c2cccc(-c3[nH]nc4ncc(Cl)cc34)n2)CCN1. The summed E-state index contributed by atoms with van der Waals surface area (Å²) in [5, 5.41) is 12.4. The number of anilines is 1. The third-order valence-corrected chi connectivity index (χ3v) is 4.91. The molecule has 1 atom stereocenters. The van der Waals surface area contributed by atoms with Gasteiger partial charge in [-0.1, -0.05) is 31.5 Å². The van der Waals surface area contributed by atoms with Crippen LogP contribution in [0.3, 0.4) is 0 Å². The number of hydrogen-bond donors (Lipinski definition) is 2. The molecule has 1 unspecified atom stereocenters. The second kappa shape index (κ2) is 7.21. The van der Waals surface area contributed by atoms with Gasteiger partial charge in [-0.05, 0) is 30.5 Å². The van der Waals surface area contributed by atoms with Crippen LogP contribution in [0, 0.1) is 5.92 Å². The Morgan fingerprint density at radius 3 is 3.08 bits per heavy atom. The van der Waals surface area contributed by atoms with Crippen LogP contribution in [-0.4, -0.2) is 45.8 Å². The zero-order chi connectivity index (χ0) is 18.1. The number of pyridine rings is 2. The number of aromatic amines is 1. The van der Waals surface area contributed by atoms with Gasteiger partial charge in [0, 0.05) is 37.3 Å². The maximum atomic E-state index is 6.11. The molecule has 0 bridgehead atoms. The zero-order valence-electron chi connectivity index (χ0n) is 15.0. The Morgan fingerprint density at radius 2 is 2.23 bits per heavy atom. The van der Waals surface area contributed by atoms with Crippen molar-refractivity contribution in [2.45, 2.75) is 26.3 Å². The van der Waals surface area contributed by atoms with Gasteiger partial charge in [0.1, 0.15) is 5.82 Å². The highest BCUT2D eigenvalue weighted by molar-refractivity contribution is 6.31. The van der Waals surface area contributed by atoms with Crippen molar-refractivity contribution in [2.24, 2.45) is 5.92 Å². The lowest BCUT2D eigenvalue weighted by atomic mass is 10.0. The molecule has 0 radical (unpaired) electrons. The summed E-state index contributed by atoms with van der Waals surface area (Å²) in [5.41, 5.74) is 2.36. The molecular weight excluding hydrogens is 348 g/mol. The number of fused-ring (bicyclic) bond motifs is 1. The van der Waals surface area contributed by atoms with Gasteiger partial charge < -0.3 is 10.2 Å². The minimum Gasteiger partial charge on any atom is -0.354 e. The average molecular weight is 371 g/mol. The second-order valence-corrected chi connectivity index (χ2v) is 7.67. The molecule has 1 aliphatic rings. The summed E-state index contributed by atoms with van der Waals surface area (Å²) in [6.45, 7) is 7.45. The van der Waals surface area contributed by atoms with E-state index in [4.69, 9.17) is 16.6 Å². The standard InChI is InChI=1S/C19H23ClN6/c1-12(2)8-14-11-26(7-6-21-14)17-5-3-4-16(23-17)18-15-9-13(20)10-22-19(15)25-24-18/h3-5,9-10,12,14,21H,6-8,11H2,1-2H3,(H,22,24,25). The van der Waals surface area contributed by atoms with E-state index >= 15 is 0 Å². The average Bonchev–Trinajstić information content (AvgIpc) is 3.04. The third kappa shape index (κ3) is 3.52. The molecule has 1 fully saturated rings. The van der Waals surface area contributed by atoms with Crippen molar-refractivity contribution in [3.8, 4) is 11.4 Å². The highest BCUT2D eigenvalue weighted by Crippen LogP contribution is 2.27. The monoisotopic (exact) mass is 370 g/mol. The topological polar surface area (TPSA) is 69.7 Å². The van der Waals surface area contributed by atoms with Crippen molar-refractivity contribution in [1.82, 2.24) is 25.5 Å². The van der Waals surface area contributed by atoms with Crippen LogP contribution in [0.25, 0.3) is 22.4 Å². The number of nitrogens with one attached hydrogen (secondary N) is 2. The first-order chi connectivity index (χ1) is 12.6. The van der Waals surface area contributed by atoms with Crippen molar-refractivity contribution in [3.05, 3.63) is 35.5 Å². The summed E-state index contributed by atoms with van der Waals surface area (Å²) < 4.78 is 0. The molecule has 0 saturated carbocycles. The number of hydrogen-bond acceptors (Lipinski definition) is 5. The van der Waals surface area contributed by atoms with E-state index in [1.54, 1.807) is 6.20 Å². The van der Waals surface area contributed by atoms with Gasteiger partial charge in [0.05, 0.1) is 16.4 Å². The summed E-state index contributed by atoms with van der Waals surface area (Å²) in [6, 6.07) is 8.49. The van der Waals surface area contributed by atoms with Crippen LogP contribution in [0.1, 0.15) is 20.3 Å². The van der Waals surface area contributed by atoms with Crippen LogP contribution in [0.2, 0.25) is 5.02 Å². The largest absolute Gasteiger partial charge is 0.354 e. The number of rotatable bonds is 4. The molecule has 4 heterocycles. The van der Waals surface area contributed by atoms with E-state index in [9.17, 15) is 0 Å². The molecule has 1 aliphatic heterocycles. The second-order valence-electron chi connectivity index (χ2n) is 7.23. The third-order valence-electron chi connectivity index (χ3n) is 4.70. The van der Waals surface area contributed by atoms with E-state index in [0.717, 1.165) is 42.2 Å². The molecule has 6 nitrogen and oxygen atoms in total. The lowest BCUT2D eigenvalue weighted by Crippen LogP contribution is -2.51. The molecule has 3 aromatic rings. The Balaban J connectivity index is 1.63. The van der Waals surface area contributed by atoms with Crippen molar-refractivity contribution in [3.63, 3.8) is 0 Å². The quantitative estimate of drug-likeness (QED) is 0.735. The summed E-state index contributed by atoms with van der Waals surface area (Å²) in [7, 11) is 0. The Labute approximate surface area is 158 Å². The van der Waals surface area contributed by atoms with Crippen LogP contribution >= 0.6 is 11.6 Å². The first-order valence-electron chi connectivity index (χ1n) is 9.05. The van der Waals surface area contributed by atoms with Gasteiger partial charge in [0.15, 0.2) is 5.65 Å². The minimum atomic E-state index is 0.505. The first kappa shape index (κ1) is 17.2. The van der Waals surface area contributed by atoms with Crippen molar-refractivity contribution in [1.29, 1.82) is 0 Å². The fraction of sp³-hybridized carbons (Fsp3) is 0.421. The van der Waals surface area contributed by atoms with Crippen molar-refractivity contribution in [2.75, 3.05) is 24.5 Å². The smallest absolute Gasteiger partial charge is 0.181 e. The molecule has 0 spiro atoms. The molecule has 0 amide bonds. The van der Waals surface area contributed by atoms with Crippen LogP contribution < -0.4 is 10.2 Å². The molecule has 136 valence electrons. The minimum absolute atomic E-state index is 0.505. The van der Waals surface area contributed by atoms with Gasteiger partial charge >= 0.3 is 0 Å². The van der Waals surface area contributed by atoms with Crippen LogP contribution in [0.5, 0.6) is 0 Å². The summed E-state index contributed by atoms with van der Waals surface area (Å²) in [5.74, 6) is 1.68. The Morgan fingerprint density at radius 1 is 1.35 bits per heavy atom. The summed E-state index contributed by atoms with van der Waals surface area (Å²) in [6.07, 6.45) is 2.78. The summed E-state index contributed by atoms with van der Waals surface area (Å²) >= 11 is 6.11. The predicted octanol–water partition coefficient (Wildman–Crippen LogP) is 3.50. The number of aromatic nitrogens is 4. The van der Waals surface area contributed by atoms with Gasteiger partial charge in [0.25, 0.3) is 0 Å². The predicted molar refractivity (Wildman–Crippen MR) is 106 cm³/mol. The molecule has 1 saturated heterocycles. The molecule has 0 aromatic carbocycles. The van der Waals surface area contributed by atoms with Gasteiger partial charge in [-0.3, -0.25) is 5.10 Å². The fourth-order valence-electron chi connectivity index (χ4n) is 3.57. The Kier molecular flexibility index (Phi) is 4.78. The normalized spacial score (nSPS) is 18.0. The lowest BCUT2D eigenvalue weighted by Gasteiger charge is -2.35. The maximum Gasteiger partial charge on any atom is 0.181 e. The number of H-pyrrole nitrogens is 1. The van der Waals surface area contributed by atoms with E-state index in [1.165, 1.54) is 6.42 Å². The van der Waals surface area contributed by atoms with E-state index in [0.29, 0.717) is 22.6 Å². The molecule has 2 N–H and O–H groups in total. The van der Waals surface area contributed by atoms with Gasteiger partial charge in [-0.15, -0.1) is 0 Å². The molecular formula is C19H23ClN6. The van der Waals surface area contributed by atoms with Crippen LogP contribution in [-0.2, 0) is 0 Å². The highest BCUT2D eigenvalue weighted by Gasteiger charge is 2.21. The molecule has 4 rings (SSSR count). The van der Waals surface area contributed by atoms with Gasteiger partial charge in [0.2, 0.25) is 0 Å². The van der Waals surface area contributed by atoms with E-state index in [-0.39, 0.29) is 0 Å². The van der Waals surface area contributed by atoms with Gasteiger partial charge in [-0.25, -0.2) is 9.97 Å². The van der Waals surface area contributed by atoms with Crippen molar-refractivity contribution < 1.29 is 0 Å². The number of nitrogens with zero attached hydrogens (tertiary/aromatic N) is 4. The number of halogens is 1. The molecule has 3 aromatic heterocycles.